The van der Waals surface area contributed by atoms with Crippen LogP contribution >= 0.6 is 23.1 Å². The van der Waals surface area contributed by atoms with Gasteiger partial charge in [-0.25, -0.2) is 15.0 Å². The molecule has 13 rings (SSSR count). The van der Waals surface area contributed by atoms with Crippen LogP contribution in [0.5, 0.6) is 0 Å². The van der Waals surface area contributed by atoms with Crippen LogP contribution in [0.3, 0.4) is 0 Å². The Morgan fingerprint density at radius 1 is 0.469 bits per heavy atom. The molecule has 0 N–H and O–H groups in total. The quantitative estimate of drug-likeness (QED) is 0.166. The molecule has 0 amide bonds. The summed E-state index contributed by atoms with van der Waals surface area (Å²) in [5, 5.41) is 4.72. The second kappa shape index (κ2) is 15.1. The van der Waals surface area contributed by atoms with Crippen molar-refractivity contribution in [3.8, 4) is 56.4 Å². The SMILES string of the molecule is C1=CC2Sc3cc(-c4nc(-c5cccc6c5oc5ccc(-c7ccccc7)cc56)nc(-c5cccc6c5sc5ccc(-c7ccccc7)cc56)n4)ccc3N(c3ccccc3)C2C=C1. The number of aromatic nitrogens is 3. The van der Waals surface area contributed by atoms with Gasteiger partial charge in [-0.2, -0.15) is 0 Å². The molecule has 5 nitrogen and oxygen atoms in total. The smallest absolute Gasteiger partial charge is 0.167 e. The van der Waals surface area contributed by atoms with Crippen molar-refractivity contribution >= 4 is 76.6 Å². The number of furan rings is 1. The summed E-state index contributed by atoms with van der Waals surface area (Å²) < 4.78 is 9.10. The van der Waals surface area contributed by atoms with Crippen molar-refractivity contribution in [1.29, 1.82) is 0 Å². The molecule has 11 aromatic rings. The summed E-state index contributed by atoms with van der Waals surface area (Å²) in [6.45, 7) is 0. The van der Waals surface area contributed by atoms with Crippen LogP contribution in [0, 0.1) is 0 Å². The summed E-state index contributed by atoms with van der Waals surface area (Å²) in [7, 11) is 0. The van der Waals surface area contributed by atoms with Crippen molar-refractivity contribution in [1.82, 2.24) is 15.0 Å². The van der Waals surface area contributed by atoms with Crippen molar-refractivity contribution in [2.24, 2.45) is 0 Å². The molecule has 64 heavy (non-hydrogen) atoms. The number of allylic oxidation sites excluding steroid dienone is 2. The Morgan fingerprint density at radius 3 is 1.89 bits per heavy atom. The van der Waals surface area contributed by atoms with E-state index in [1.54, 1.807) is 11.3 Å². The first-order valence-electron chi connectivity index (χ1n) is 21.5. The highest BCUT2D eigenvalue weighted by molar-refractivity contribution is 8.00. The molecule has 1 aliphatic heterocycles. The molecule has 4 heterocycles. The summed E-state index contributed by atoms with van der Waals surface area (Å²) in [6, 6.07) is 64.6. The topological polar surface area (TPSA) is 55.1 Å². The highest BCUT2D eigenvalue weighted by Crippen LogP contribution is 2.49. The maximum Gasteiger partial charge on any atom is 0.167 e. The number of hydrogen-bond donors (Lipinski definition) is 0. The largest absolute Gasteiger partial charge is 0.455 e. The van der Waals surface area contributed by atoms with Crippen LogP contribution in [0.4, 0.5) is 11.4 Å². The van der Waals surface area contributed by atoms with Crippen molar-refractivity contribution in [3.63, 3.8) is 0 Å². The number of benzene rings is 8. The monoisotopic (exact) mass is 856 g/mol. The lowest BCUT2D eigenvalue weighted by atomic mass is 10.0. The molecule has 0 fully saturated rings. The molecule has 2 atom stereocenters. The Morgan fingerprint density at radius 2 is 1.11 bits per heavy atom. The molecule has 0 saturated heterocycles. The molecule has 0 bridgehead atoms. The van der Waals surface area contributed by atoms with Crippen LogP contribution in [-0.2, 0) is 0 Å². The van der Waals surface area contributed by atoms with Gasteiger partial charge in [0.25, 0.3) is 0 Å². The van der Waals surface area contributed by atoms with Gasteiger partial charge in [0.05, 0.1) is 22.5 Å². The van der Waals surface area contributed by atoms with Gasteiger partial charge in [0.2, 0.25) is 0 Å². The van der Waals surface area contributed by atoms with Gasteiger partial charge in [0.1, 0.15) is 11.2 Å². The average Bonchev–Trinajstić information content (AvgIpc) is 3.94. The number of thiophene rings is 1. The summed E-state index contributed by atoms with van der Waals surface area (Å²) in [4.78, 5) is 19.7. The number of nitrogens with zero attached hydrogens (tertiary/aromatic N) is 4. The van der Waals surface area contributed by atoms with E-state index in [9.17, 15) is 0 Å². The summed E-state index contributed by atoms with van der Waals surface area (Å²) in [6.07, 6.45) is 8.94. The maximum atomic E-state index is 6.74. The molecule has 0 saturated carbocycles. The minimum absolute atomic E-state index is 0.199. The van der Waals surface area contributed by atoms with Crippen molar-refractivity contribution in [2.45, 2.75) is 16.2 Å². The van der Waals surface area contributed by atoms with E-state index in [-0.39, 0.29) is 11.3 Å². The van der Waals surface area contributed by atoms with E-state index in [1.807, 2.05) is 17.8 Å². The second-order valence-electron chi connectivity index (χ2n) is 16.3. The first kappa shape index (κ1) is 37.0. The van der Waals surface area contributed by atoms with Gasteiger partial charge in [-0.05, 0) is 89.0 Å². The summed E-state index contributed by atoms with van der Waals surface area (Å²) in [5.41, 5.74) is 11.3. The van der Waals surface area contributed by atoms with Gasteiger partial charge in [-0.15, -0.1) is 23.1 Å². The molecule has 1 aliphatic carbocycles. The molecule has 7 heteroatoms. The zero-order valence-corrected chi connectivity index (χ0v) is 35.9. The molecular weight excluding hydrogens is 821 g/mol. The molecule has 302 valence electrons. The van der Waals surface area contributed by atoms with Crippen LogP contribution in [0.1, 0.15) is 0 Å². The third-order valence-electron chi connectivity index (χ3n) is 12.5. The van der Waals surface area contributed by atoms with Gasteiger partial charge in [-0.1, -0.05) is 140 Å². The number of thioether (sulfide) groups is 1. The normalized spacial score (nSPS) is 15.6. The van der Waals surface area contributed by atoms with E-state index in [0.29, 0.717) is 17.5 Å². The van der Waals surface area contributed by atoms with Crippen LogP contribution in [0.15, 0.2) is 216 Å². The predicted octanol–water partition coefficient (Wildman–Crippen LogP) is 15.6. The van der Waals surface area contributed by atoms with Crippen molar-refractivity contribution in [3.05, 3.63) is 206 Å². The second-order valence-corrected chi connectivity index (χ2v) is 18.5. The van der Waals surface area contributed by atoms with Crippen molar-refractivity contribution in [2.75, 3.05) is 4.90 Å². The van der Waals surface area contributed by atoms with Crippen LogP contribution in [-0.4, -0.2) is 26.2 Å². The molecule has 2 unspecified atom stereocenters. The fraction of sp³-hybridized carbons (Fsp3) is 0.0351. The lowest BCUT2D eigenvalue weighted by Crippen LogP contribution is -2.41. The summed E-state index contributed by atoms with van der Waals surface area (Å²) >= 11 is 3.68. The Balaban J connectivity index is 1.00. The van der Waals surface area contributed by atoms with Crippen LogP contribution in [0.2, 0.25) is 0 Å². The Bertz CT molecular complexity index is 3500. The van der Waals surface area contributed by atoms with Crippen LogP contribution < -0.4 is 4.90 Å². The lowest BCUT2D eigenvalue weighted by molar-refractivity contribution is 0.669. The van der Waals surface area contributed by atoms with E-state index in [1.165, 1.54) is 42.9 Å². The molecule has 2 aliphatic rings. The third-order valence-corrected chi connectivity index (χ3v) is 15.0. The molecule has 8 aromatic carbocycles. The molecule has 0 radical (unpaired) electrons. The minimum atomic E-state index is 0.199. The van der Waals surface area contributed by atoms with E-state index in [0.717, 1.165) is 54.5 Å². The van der Waals surface area contributed by atoms with E-state index < -0.39 is 0 Å². The predicted molar refractivity (Wildman–Crippen MR) is 267 cm³/mol. The van der Waals surface area contributed by atoms with E-state index in [4.69, 9.17) is 19.4 Å². The number of para-hydroxylation sites is 2. The molecule has 0 spiro atoms. The Hall–Kier alpha value is -7.58. The van der Waals surface area contributed by atoms with Gasteiger partial charge in [-0.3, -0.25) is 0 Å². The fourth-order valence-corrected chi connectivity index (χ4v) is 11.9. The zero-order chi connectivity index (χ0) is 42.1. The van der Waals surface area contributed by atoms with Gasteiger partial charge in [0.15, 0.2) is 17.5 Å². The first-order chi connectivity index (χ1) is 31.7. The standard InChI is InChI=1S/C57H36N4OS2/c1-4-14-35(15-5-1)37-27-30-49-45(32-37)41-20-12-22-43(53(41)62-49)56-58-55(39-26-29-48-52(34-39)63-51-25-11-10-24-47(51)61(48)40-18-8-3-9-19-40)59-57(60-56)44-23-13-21-42-46-33-38(36-16-6-2-7-17-36)28-31-50(46)64-54(42)44/h1-34,47,51H. The number of hydrogen-bond acceptors (Lipinski definition) is 7. The Labute approximate surface area is 377 Å². The van der Waals surface area contributed by atoms with Crippen molar-refractivity contribution < 1.29 is 4.42 Å². The number of anilines is 2. The fourth-order valence-electron chi connectivity index (χ4n) is 9.39. The minimum Gasteiger partial charge on any atom is -0.455 e. The number of rotatable bonds is 6. The molecular formula is C57H36N4OS2. The highest BCUT2D eigenvalue weighted by Gasteiger charge is 2.34. The summed E-state index contributed by atoms with van der Waals surface area (Å²) in [5.74, 6) is 1.80. The van der Waals surface area contributed by atoms with E-state index >= 15 is 0 Å². The van der Waals surface area contributed by atoms with Gasteiger partial charge < -0.3 is 9.32 Å². The Kier molecular flexibility index (Phi) is 8.71. The van der Waals surface area contributed by atoms with Gasteiger partial charge >= 0.3 is 0 Å². The first-order valence-corrected chi connectivity index (χ1v) is 23.2. The van der Waals surface area contributed by atoms with Crippen LogP contribution in [0.25, 0.3) is 98.5 Å². The lowest BCUT2D eigenvalue weighted by Gasteiger charge is -2.42. The third kappa shape index (κ3) is 6.19. The van der Waals surface area contributed by atoms with Gasteiger partial charge in [0, 0.05) is 52.7 Å². The zero-order valence-electron chi connectivity index (χ0n) is 34.3. The highest BCUT2D eigenvalue weighted by atomic mass is 32.2. The van der Waals surface area contributed by atoms with E-state index in [2.05, 4.69) is 205 Å². The molecule has 3 aromatic heterocycles. The average molecular weight is 857 g/mol. The maximum absolute atomic E-state index is 6.74. The number of fused-ring (bicyclic) bond motifs is 8.